The maximum atomic E-state index is 10.8. The van der Waals surface area contributed by atoms with Gasteiger partial charge in [-0.15, -0.1) is 0 Å². The summed E-state index contributed by atoms with van der Waals surface area (Å²) in [4.78, 5) is 10.4. The Labute approximate surface area is 107 Å². The van der Waals surface area contributed by atoms with Crippen molar-refractivity contribution in [2.24, 2.45) is 0 Å². The van der Waals surface area contributed by atoms with Gasteiger partial charge >= 0.3 is 5.69 Å². The fraction of sp³-hybridized carbons (Fsp3) is 0.538. The molecule has 1 aromatic rings. The van der Waals surface area contributed by atoms with E-state index in [0.717, 1.165) is 18.5 Å². The maximum absolute atomic E-state index is 10.8. The zero-order chi connectivity index (χ0) is 13.5. The molecule has 0 bridgehead atoms. The van der Waals surface area contributed by atoms with Gasteiger partial charge in [0.15, 0.2) is 5.75 Å². The molecular formula is C13H20N2O3. The number of nitro groups is 1. The van der Waals surface area contributed by atoms with Crippen LogP contribution in [0.25, 0.3) is 0 Å². The predicted molar refractivity (Wildman–Crippen MR) is 72.3 cm³/mol. The van der Waals surface area contributed by atoms with Crippen LogP contribution in [-0.4, -0.2) is 17.6 Å². The van der Waals surface area contributed by atoms with Gasteiger partial charge in [-0.25, -0.2) is 0 Å². The highest BCUT2D eigenvalue weighted by atomic mass is 16.6. The first kappa shape index (κ1) is 14.3. The highest BCUT2D eigenvalue weighted by molar-refractivity contribution is 5.58. The van der Waals surface area contributed by atoms with Gasteiger partial charge in [0.25, 0.3) is 0 Å². The lowest BCUT2D eigenvalue weighted by Gasteiger charge is -2.15. The Morgan fingerprint density at radius 2 is 2.17 bits per heavy atom. The molecule has 100 valence electrons. The number of ether oxygens (including phenoxy) is 1. The quantitative estimate of drug-likeness (QED) is 0.595. The Morgan fingerprint density at radius 3 is 2.72 bits per heavy atom. The monoisotopic (exact) mass is 252 g/mol. The van der Waals surface area contributed by atoms with E-state index in [0.29, 0.717) is 18.4 Å². The Hall–Kier alpha value is -1.78. The van der Waals surface area contributed by atoms with Gasteiger partial charge in [-0.1, -0.05) is 13.3 Å². The summed E-state index contributed by atoms with van der Waals surface area (Å²) < 4.78 is 5.30. The zero-order valence-corrected chi connectivity index (χ0v) is 11.1. The lowest BCUT2D eigenvalue weighted by Crippen LogP contribution is -2.14. The highest BCUT2D eigenvalue weighted by Crippen LogP contribution is 2.30. The molecule has 0 fully saturated rings. The van der Waals surface area contributed by atoms with Gasteiger partial charge in [0.2, 0.25) is 0 Å². The van der Waals surface area contributed by atoms with E-state index in [2.05, 4.69) is 19.2 Å². The molecule has 0 amide bonds. The molecule has 0 aliphatic carbocycles. The van der Waals surface area contributed by atoms with Crippen molar-refractivity contribution < 1.29 is 9.66 Å². The SMILES string of the molecule is CCCC(C)Nc1ccc([N+](=O)[O-])c(OCC)c1. The lowest BCUT2D eigenvalue weighted by atomic mass is 10.2. The summed E-state index contributed by atoms with van der Waals surface area (Å²) in [5, 5.41) is 14.1. The lowest BCUT2D eigenvalue weighted by molar-refractivity contribution is -0.385. The van der Waals surface area contributed by atoms with Crippen LogP contribution >= 0.6 is 0 Å². The molecule has 1 unspecified atom stereocenters. The predicted octanol–water partition coefficient (Wildman–Crippen LogP) is 3.59. The molecule has 18 heavy (non-hydrogen) atoms. The second kappa shape index (κ2) is 6.83. The topological polar surface area (TPSA) is 64.4 Å². The number of hydrogen-bond acceptors (Lipinski definition) is 4. The van der Waals surface area contributed by atoms with Crippen LogP contribution in [0.4, 0.5) is 11.4 Å². The summed E-state index contributed by atoms with van der Waals surface area (Å²) in [6, 6.07) is 5.22. The first-order valence-corrected chi connectivity index (χ1v) is 6.26. The number of benzene rings is 1. The second-order valence-corrected chi connectivity index (χ2v) is 4.21. The van der Waals surface area contributed by atoms with Crippen LogP contribution in [0.15, 0.2) is 18.2 Å². The molecule has 0 spiro atoms. The highest BCUT2D eigenvalue weighted by Gasteiger charge is 2.15. The molecule has 0 radical (unpaired) electrons. The fourth-order valence-electron chi connectivity index (χ4n) is 1.82. The van der Waals surface area contributed by atoms with E-state index in [-0.39, 0.29) is 5.69 Å². The summed E-state index contributed by atoms with van der Waals surface area (Å²) in [5.41, 5.74) is 0.857. The van der Waals surface area contributed by atoms with Crippen LogP contribution in [0.2, 0.25) is 0 Å². The average Bonchev–Trinajstić information content (AvgIpc) is 2.29. The Bertz CT molecular complexity index is 407. The van der Waals surface area contributed by atoms with Gasteiger partial charge in [0.1, 0.15) is 0 Å². The summed E-state index contributed by atoms with van der Waals surface area (Å²) in [6.45, 7) is 6.43. The van der Waals surface area contributed by atoms with Crippen LogP contribution in [-0.2, 0) is 0 Å². The summed E-state index contributed by atoms with van der Waals surface area (Å²) in [5.74, 6) is 0.316. The van der Waals surface area contributed by atoms with Crippen LogP contribution in [0.5, 0.6) is 5.75 Å². The maximum Gasteiger partial charge on any atom is 0.311 e. The van der Waals surface area contributed by atoms with Gasteiger partial charge in [0.05, 0.1) is 11.5 Å². The number of nitrogens with one attached hydrogen (secondary N) is 1. The molecule has 0 aromatic heterocycles. The van der Waals surface area contributed by atoms with E-state index in [1.807, 2.05) is 6.92 Å². The van der Waals surface area contributed by atoms with Gasteiger partial charge in [-0.3, -0.25) is 10.1 Å². The van der Waals surface area contributed by atoms with Gasteiger partial charge in [-0.05, 0) is 26.3 Å². The Balaban J connectivity index is 2.88. The third-order valence-corrected chi connectivity index (χ3v) is 2.59. The first-order valence-electron chi connectivity index (χ1n) is 6.26. The molecule has 0 aliphatic heterocycles. The van der Waals surface area contributed by atoms with Crippen molar-refractivity contribution in [3.63, 3.8) is 0 Å². The van der Waals surface area contributed by atoms with E-state index < -0.39 is 4.92 Å². The number of nitro benzene ring substituents is 1. The van der Waals surface area contributed by atoms with E-state index in [1.54, 1.807) is 12.1 Å². The number of rotatable bonds is 7. The van der Waals surface area contributed by atoms with E-state index in [4.69, 9.17) is 4.74 Å². The van der Waals surface area contributed by atoms with Crippen molar-refractivity contribution in [1.82, 2.24) is 0 Å². The van der Waals surface area contributed by atoms with Crippen molar-refractivity contribution in [2.45, 2.75) is 39.7 Å². The molecule has 1 N–H and O–H groups in total. The van der Waals surface area contributed by atoms with Crippen LogP contribution < -0.4 is 10.1 Å². The minimum absolute atomic E-state index is 0.00513. The summed E-state index contributed by atoms with van der Waals surface area (Å²) in [7, 11) is 0. The van der Waals surface area contributed by atoms with Crippen molar-refractivity contribution >= 4 is 11.4 Å². The second-order valence-electron chi connectivity index (χ2n) is 4.21. The smallest absolute Gasteiger partial charge is 0.311 e. The molecule has 0 heterocycles. The van der Waals surface area contributed by atoms with Crippen molar-refractivity contribution in [3.8, 4) is 5.75 Å². The summed E-state index contributed by atoms with van der Waals surface area (Å²) in [6.07, 6.45) is 2.15. The molecule has 1 rings (SSSR count). The third kappa shape index (κ3) is 3.91. The van der Waals surface area contributed by atoms with Gasteiger partial charge in [-0.2, -0.15) is 0 Å². The molecule has 1 atom stereocenters. The molecular weight excluding hydrogens is 232 g/mol. The van der Waals surface area contributed by atoms with Crippen LogP contribution in [0, 0.1) is 10.1 Å². The minimum atomic E-state index is -0.426. The molecule has 0 aliphatic rings. The largest absolute Gasteiger partial charge is 0.487 e. The Kier molecular flexibility index (Phi) is 5.42. The van der Waals surface area contributed by atoms with Crippen molar-refractivity contribution in [2.75, 3.05) is 11.9 Å². The van der Waals surface area contributed by atoms with Crippen LogP contribution in [0.1, 0.15) is 33.6 Å². The van der Waals surface area contributed by atoms with Crippen molar-refractivity contribution in [3.05, 3.63) is 28.3 Å². The minimum Gasteiger partial charge on any atom is -0.487 e. The standard InChI is InChI=1S/C13H20N2O3/c1-4-6-10(3)14-11-7-8-12(15(16)17)13(9-11)18-5-2/h7-10,14H,4-6H2,1-3H3. The fourth-order valence-corrected chi connectivity index (χ4v) is 1.82. The third-order valence-electron chi connectivity index (χ3n) is 2.59. The van der Waals surface area contributed by atoms with Gasteiger partial charge in [0, 0.05) is 23.9 Å². The molecule has 0 saturated carbocycles. The van der Waals surface area contributed by atoms with E-state index >= 15 is 0 Å². The average molecular weight is 252 g/mol. The van der Waals surface area contributed by atoms with E-state index in [1.165, 1.54) is 6.07 Å². The molecule has 5 nitrogen and oxygen atoms in total. The first-order chi connectivity index (χ1) is 8.58. The molecule has 0 saturated heterocycles. The Morgan fingerprint density at radius 1 is 1.44 bits per heavy atom. The number of anilines is 1. The van der Waals surface area contributed by atoms with Crippen molar-refractivity contribution in [1.29, 1.82) is 0 Å². The van der Waals surface area contributed by atoms with Gasteiger partial charge < -0.3 is 10.1 Å². The number of hydrogen-bond donors (Lipinski definition) is 1. The van der Waals surface area contributed by atoms with Crippen LogP contribution in [0.3, 0.4) is 0 Å². The molecule has 1 aromatic carbocycles. The summed E-state index contributed by atoms with van der Waals surface area (Å²) >= 11 is 0. The van der Waals surface area contributed by atoms with E-state index in [9.17, 15) is 10.1 Å². The number of nitrogens with zero attached hydrogens (tertiary/aromatic N) is 1. The zero-order valence-electron chi connectivity index (χ0n) is 11.1. The normalized spacial score (nSPS) is 11.9. The molecule has 5 heteroatoms.